The zero-order valence-corrected chi connectivity index (χ0v) is 18.5. The largest absolute Gasteiger partial charge is 0.507 e. The lowest BCUT2D eigenvalue weighted by Crippen LogP contribution is -2.29. The van der Waals surface area contributed by atoms with Crippen LogP contribution in [0.15, 0.2) is 59.5 Å². The van der Waals surface area contributed by atoms with Crippen molar-refractivity contribution in [1.82, 2.24) is 0 Å². The lowest BCUT2D eigenvalue weighted by molar-refractivity contribution is -0.132. The van der Waals surface area contributed by atoms with E-state index in [0.717, 1.165) is 4.88 Å². The van der Waals surface area contributed by atoms with Gasteiger partial charge in [0.15, 0.2) is 23.0 Å². The minimum atomic E-state index is -0.807. The van der Waals surface area contributed by atoms with Gasteiger partial charge in [0.2, 0.25) is 6.79 Å². The molecule has 0 aliphatic carbocycles. The lowest BCUT2D eigenvalue weighted by Gasteiger charge is -2.24. The van der Waals surface area contributed by atoms with Crippen molar-refractivity contribution in [1.29, 1.82) is 0 Å². The maximum atomic E-state index is 13.2. The number of ketones is 1. The van der Waals surface area contributed by atoms with Gasteiger partial charge >= 0.3 is 0 Å². The standard InChI is InChI=1S/C24H19NO7S/c1-29-15-7-5-13(10-17(15)30-2)22(26)20-21(19-4-3-9-33-19)25(24(28)23(20)27)14-6-8-16-18(11-14)32-12-31-16/h3-11,21,26H,12H2,1-2H3/b22-20-. The number of Topliss-reactive ketones (excluding diaryl/α,β-unsaturated/α-hetero) is 1. The molecule has 1 aromatic heterocycles. The van der Waals surface area contributed by atoms with Gasteiger partial charge in [-0.05, 0) is 41.8 Å². The Bertz CT molecular complexity index is 1280. The van der Waals surface area contributed by atoms with Gasteiger partial charge in [0.05, 0.1) is 19.8 Å². The van der Waals surface area contributed by atoms with E-state index in [4.69, 9.17) is 18.9 Å². The van der Waals surface area contributed by atoms with Crippen molar-refractivity contribution in [3.8, 4) is 23.0 Å². The van der Waals surface area contributed by atoms with E-state index in [2.05, 4.69) is 0 Å². The van der Waals surface area contributed by atoms with Crippen molar-refractivity contribution in [3.63, 3.8) is 0 Å². The molecule has 1 saturated heterocycles. The molecule has 3 aromatic rings. The molecule has 2 aliphatic heterocycles. The van der Waals surface area contributed by atoms with Crippen molar-refractivity contribution in [2.75, 3.05) is 25.9 Å². The first-order valence-electron chi connectivity index (χ1n) is 10.00. The minimum Gasteiger partial charge on any atom is -0.507 e. The second kappa shape index (κ2) is 8.18. The predicted octanol–water partition coefficient (Wildman–Crippen LogP) is 4.12. The molecular formula is C24H19NO7S. The first-order valence-corrected chi connectivity index (χ1v) is 10.9. The molecule has 2 aromatic carbocycles. The molecule has 0 saturated carbocycles. The van der Waals surface area contributed by atoms with Crippen LogP contribution in [0.5, 0.6) is 23.0 Å². The van der Waals surface area contributed by atoms with Crippen LogP contribution in [-0.2, 0) is 9.59 Å². The van der Waals surface area contributed by atoms with Crippen LogP contribution in [0, 0.1) is 0 Å². The zero-order valence-electron chi connectivity index (χ0n) is 17.7. The van der Waals surface area contributed by atoms with E-state index in [9.17, 15) is 14.7 Å². The molecular weight excluding hydrogens is 446 g/mol. The second-order valence-electron chi connectivity index (χ2n) is 7.29. The number of amides is 1. The number of aliphatic hydroxyl groups is 1. The third-order valence-corrected chi connectivity index (χ3v) is 6.47. The van der Waals surface area contributed by atoms with Crippen LogP contribution in [0.1, 0.15) is 16.5 Å². The zero-order chi connectivity index (χ0) is 23.1. The van der Waals surface area contributed by atoms with Gasteiger partial charge in [-0.25, -0.2) is 0 Å². The molecule has 168 valence electrons. The minimum absolute atomic E-state index is 0.00710. The second-order valence-corrected chi connectivity index (χ2v) is 8.27. The fraction of sp³-hybridized carbons (Fsp3) is 0.167. The Morgan fingerprint density at radius 2 is 1.82 bits per heavy atom. The molecule has 2 aliphatic rings. The highest BCUT2D eigenvalue weighted by Crippen LogP contribution is 2.46. The molecule has 1 atom stereocenters. The van der Waals surface area contributed by atoms with E-state index in [0.29, 0.717) is 34.2 Å². The summed E-state index contributed by atoms with van der Waals surface area (Å²) in [6.45, 7) is 0.0886. The van der Waals surface area contributed by atoms with Gasteiger partial charge in [-0.1, -0.05) is 6.07 Å². The maximum Gasteiger partial charge on any atom is 0.300 e. The number of thiophene rings is 1. The Balaban J connectivity index is 1.67. The van der Waals surface area contributed by atoms with E-state index >= 15 is 0 Å². The van der Waals surface area contributed by atoms with Gasteiger partial charge in [0, 0.05) is 22.2 Å². The Morgan fingerprint density at radius 1 is 1.03 bits per heavy atom. The number of rotatable bonds is 5. The normalized spacial score (nSPS) is 18.6. The summed E-state index contributed by atoms with van der Waals surface area (Å²) in [6.07, 6.45) is 0. The summed E-state index contributed by atoms with van der Waals surface area (Å²) in [5.74, 6) is 0.0973. The van der Waals surface area contributed by atoms with Crippen LogP contribution in [0.3, 0.4) is 0 Å². The van der Waals surface area contributed by atoms with Crippen molar-refractivity contribution in [2.45, 2.75) is 6.04 Å². The summed E-state index contributed by atoms with van der Waals surface area (Å²) >= 11 is 1.39. The summed E-state index contributed by atoms with van der Waals surface area (Å²) < 4.78 is 21.4. The van der Waals surface area contributed by atoms with Gasteiger partial charge in [0.25, 0.3) is 11.7 Å². The number of carbonyl (C=O) groups is 2. The predicted molar refractivity (Wildman–Crippen MR) is 121 cm³/mol. The summed E-state index contributed by atoms with van der Waals surface area (Å²) in [4.78, 5) is 28.5. The van der Waals surface area contributed by atoms with E-state index in [1.54, 1.807) is 36.4 Å². The average molecular weight is 465 g/mol. The quantitative estimate of drug-likeness (QED) is 0.344. The lowest BCUT2D eigenvalue weighted by atomic mass is 9.99. The van der Waals surface area contributed by atoms with Crippen LogP contribution in [0.2, 0.25) is 0 Å². The van der Waals surface area contributed by atoms with Crippen LogP contribution >= 0.6 is 11.3 Å². The average Bonchev–Trinajstić information content (AvgIpc) is 3.58. The number of ether oxygens (including phenoxy) is 4. The van der Waals surface area contributed by atoms with Crippen molar-refractivity contribution >= 4 is 34.5 Å². The van der Waals surface area contributed by atoms with Gasteiger partial charge in [-0.15, -0.1) is 11.3 Å². The molecule has 8 nitrogen and oxygen atoms in total. The van der Waals surface area contributed by atoms with E-state index in [1.165, 1.54) is 30.5 Å². The maximum absolute atomic E-state index is 13.2. The molecule has 1 amide bonds. The Kier molecular flexibility index (Phi) is 5.18. The molecule has 0 bridgehead atoms. The number of fused-ring (bicyclic) bond motifs is 1. The van der Waals surface area contributed by atoms with Gasteiger partial charge in [0.1, 0.15) is 11.8 Å². The molecule has 1 fully saturated rings. The molecule has 3 heterocycles. The van der Waals surface area contributed by atoms with Crippen molar-refractivity contribution in [3.05, 3.63) is 69.9 Å². The molecule has 33 heavy (non-hydrogen) atoms. The highest BCUT2D eigenvalue weighted by atomic mass is 32.1. The van der Waals surface area contributed by atoms with E-state index in [-0.39, 0.29) is 18.1 Å². The number of methoxy groups -OCH3 is 2. The Labute approximate surface area is 193 Å². The van der Waals surface area contributed by atoms with Gasteiger partial charge in [-0.3, -0.25) is 14.5 Å². The molecule has 0 spiro atoms. The summed E-state index contributed by atoms with van der Waals surface area (Å²) in [5.41, 5.74) is 0.788. The topological polar surface area (TPSA) is 94.5 Å². The molecule has 9 heteroatoms. The number of anilines is 1. The van der Waals surface area contributed by atoms with Crippen LogP contribution in [0.4, 0.5) is 5.69 Å². The third kappa shape index (κ3) is 3.37. The third-order valence-electron chi connectivity index (χ3n) is 5.55. The molecule has 0 radical (unpaired) electrons. The van der Waals surface area contributed by atoms with E-state index < -0.39 is 17.7 Å². The Hall–Kier alpha value is -3.98. The fourth-order valence-electron chi connectivity index (χ4n) is 3.99. The fourth-order valence-corrected chi connectivity index (χ4v) is 4.81. The summed E-state index contributed by atoms with van der Waals surface area (Å²) in [7, 11) is 2.98. The molecule has 1 unspecified atom stereocenters. The van der Waals surface area contributed by atoms with E-state index in [1.807, 2.05) is 17.5 Å². The Morgan fingerprint density at radius 3 is 2.55 bits per heavy atom. The van der Waals surface area contributed by atoms with Gasteiger partial charge < -0.3 is 24.1 Å². The first-order chi connectivity index (χ1) is 16.0. The van der Waals surface area contributed by atoms with Gasteiger partial charge in [-0.2, -0.15) is 0 Å². The monoisotopic (exact) mass is 465 g/mol. The smallest absolute Gasteiger partial charge is 0.300 e. The number of aliphatic hydroxyl groups excluding tert-OH is 1. The van der Waals surface area contributed by atoms with Crippen molar-refractivity contribution < 1.29 is 33.6 Å². The number of hydrogen-bond donors (Lipinski definition) is 1. The van der Waals surface area contributed by atoms with Crippen LogP contribution in [-0.4, -0.2) is 37.8 Å². The number of carbonyl (C=O) groups excluding carboxylic acids is 2. The van der Waals surface area contributed by atoms with Crippen LogP contribution in [0.25, 0.3) is 5.76 Å². The number of nitrogens with zero attached hydrogens (tertiary/aromatic N) is 1. The molecule has 5 rings (SSSR count). The first kappa shape index (κ1) is 20.9. The highest BCUT2D eigenvalue weighted by molar-refractivity contribution is 7.10. The number of hydrogen-bond acceptors (Lipinski definition) is 8. The SMILES string of the molecule is COc1ccc(/C(O)=C2/C(=O)C(=O)N(c3ccc4c(c3)OCO4)C2c2cccs2)cc1OC. The number of benzene rings is 2. The summed E-state index contributed by atoms with van der Waals surface area (Å²) in [5, 5.41) is 13.1. The molecule has 1 N–H and O–H groups in total. The highest BCUT2D eigenvalue weighted by Gasteiger charge is 2.47. The summed E-state index contributed by atoms with van der Waals surface area (Å²) in [6, 6.07) is 12.7. The van der Waals surface area contributed by atoms with Crippen LogP contribution < -0.4 is 23.8 Å². The van der Waals surface area contributed by atoms with Crippen molar-refractivity contribution in [2.24, 2.45) is 0 Å².